The minimum absolute atomic E-state index is 0.0683. The summed E-state index contributed by atoms with van der Waals surface area (Å²) in [5.41, 5.74) is 0.815. The molecule has 41 heavy (non-hydrogen) atoms. The quantitative estimate of drug-likeness (QED) is 0.152. The van der Waals surface area contributed by atoms with E-state index in [2.05, 4.69) is 13.8 Å². The van der Waals surface area contributed by atoms with Crippen LogP contribution in [0.3, 0.4) is 0 Å². The highest BCUT2D eigenvalue weighted by atomic mass is 32.2. The first-order valence-electron chi connectivity index (χ1n) is 12.7. The minimum Gasteiger partial charge on any atom is -0.493 e. The second kappa shape index (κ2) is 11.6. The van der Waals surface area contributed by atoms with Crippen LogP contribution < -0.4 is 4.74 Å². The summed E-state index contributed by atoms with van der Waals surface area (Å²) in [5.74, 6) is -5.75. The molecule has 0 saturated carbocycles. The Morgan fingerprint density at radius 1 is 0.829 bits per heavy atom. The van der Waals surface area contributed by atoms with Crippen LogP contribution in [0.1, 0.15) is 32.8 Å². The first-order valence-corrected chi connectivity index (χ1v) is 15.3. The molecule has 1 N–H and O–H groups in total. The SMILES string of the molecule is CC1(C)COC(C)(c2ccc([S+](c3ccccc3)c3ccc(OCCC(F)(F)C(F)(F)S(=O)(=O)O)cc3)cc2)OC1. The van der Waals surface area contributed by atoms with Crippen molar-refractivity contribution in [2.45, 2.75) is 58.8 Å². The molecule has 12 heteroatoms. The van der Waals surface area contributed by atoms with Crippen molar-refractivity contribution in [3.63, 3.8) is 0 Å². The van der Waals surface area contributed by atoms with Gasteiger partial charge in [-0.3, -0.25) is 4.55 Å². The van der Waals surface area contributed by atoms with Gasteiger partial charge < -0.3 is 14.2 Å². The fourth-order valence-electron chi connectivity index (χ4n) is 4.08. The van der Waals surface area contributed by atoms with Crippen molar-refractivity contribution >= 4 is 21.0 Å². The van der Waals surface area contributed by atoms with Gasteiger partial charge in [-0.2, -0.15) is 26.0 Å². The van der Waals surface area contributed by atoms with Crippen molar-refractivity contribution in [3.05, 3.63) is 84.4 Å². The summed E-state index contributed by atoms with van der Waals surface area (Å²) in [5, 5.41) is -5.63. The zero-order valence-electron chi connectivity index (χ0n) is 22.7. The zero-order chi connectivity index (χ0) is 30.1. The number of hydrogen-bond acceptors (Lipinski definition) is 5. The predicted octanol–water partition coefficient (Wildman–Crippen LogP) is 6.91. The van der Waals surface area contributed by atoms with Crippen molar-refractivity contribution in [1.29, 1.82) is 0 Å². The Morgan fingerprint density at radius 3 is 1.83 bits per heavy atom. The standard InChI is InChI=1S/C29H30F4O6S2/c1-26(2)19-38-27(3,39-20-26)21-9-13-24(14-10-21)40(23-7-5-4-6-8-23)25-15-11-22(12-16-25)37-18-17-28(30,31)29(32,33)41(34,35)36/h4-16H,17-20H2,1-3H3/p+1. The van der Waals surface area contributed by atoms with Crippen LogP contribution in [-0.4, -0.2) is 44.0 Å². The molecule has 0 aromatic heterocycles. The lowest BCUT2D eigenvalue weighted by Crippen LogP contribution is -2.47. The van der Waals surface area contributed by atoms with E-state index in [1.165, 1.54) is 12.1 Å². The fourth-order valence-corrected chi connectivity index (χ4v) is 6.62. The lowest BCUT2D eigenvalue weighted by molar-refractivity contribution is -0.298. The van der Waals surface area contributed by atoms with E-state index >= 15 is 0 Å². The molecule has 3 aromatic rings. The summed E-state index contributed by atoms with van der Waals surface area (Å²) in [6, 6.07) is 24.3. The molecule has 0 amide bonds. The van der Waals surface area contributed by atoms with Crippen molar-refractivity contribution in [2.24, 2.45) is 5.41 Å². The van der Waals surface area contributed by atoms with E-state index < -0.39 is 51.0 Å². The number of ether oxygens (including phenoxy) is 3. The lowest BCUT2D eigenvalue weighted by atomic mass is 9.94. The second-order valence-corrected chi connectivity index (χ2v) is 14.1. The van der Waals surface area contributed by atoms with Crippen LogP contribution in [0.4, 0.5) is 17.6 Å². The van der Waals surface area contributed by atoms with E-state index in [1.54, 1.807) is 12.1 Å². The van der Waals surface area contributed by atoms with Crippen molar-refractivity contribution in [3.8, 4) is 5.75 Å². The van der Waals surface area contributed by atoms with Gasteiger partial charge in [-0.25, -0.2) is 0 Å². The average Bonchev–Trinajstić information content (AvgIpc) is 2.92. The molecule has 222 valence electrons. The minimum atomic E-state index is -6.29. The van der Waals surface area contributed by atoms with E-state index in [0.717, 1.165) is 20.2 Å². The predicted molar refractivity (Wildman–Crippen MR) is 146 cm³/mol. The maximum Gasteiger partial charge on any atom is 0.431 e. The van der Waals surface area contributed by atoms with Crippen LogP contribution in [0.5, 0.6) is 5.75 Å². The van der Waals surface area contributed by atoms with Gasteiger partial charge in [0.05, 0.1) is 37.1 Å². The number of hydrogen-bond donors (Lipinski definition) is 1. The summed E-state index contributed by atoms with van der Waals surface area (Å²) in [7, 11) is -6.85. The third kappa shape index (κ3) is 6.89. The molecule has 1 fully saturated rings. The van der Waals surface area contributed by atoms with Crippen LogP contribution in [0.15, 0.2) is 93.5 Å². The molecule has 4 rings (SSSR count). The van der Waals surface area contributed by atoms with E-state index in [4.69, 9.17) is 18.8 Å². The molecule has 1 saturated heterocycles. The topological polar surface area (TPSA) is 82.1 Å². The van der Waals surface area contributed by atoms with Crippen LogP contribution in [0.25, 0.3) is 0 Å². The maximum atomic E-state index is 13.8. The van der Waals surface area contributed by atoms with E-state index in [1.807, 2.05) is 61.5 Å². The molecule has 1 unspecified atom stereocenters. The molecular formula is C29H31F4O6S2+. The largest absolute Gasteiger partial charge is 0.493 e. The van der Waals surface area contributed by atoms with Crippen molar-refractivity contribution in [1.82, 2.24) is 0 Å². The molecule has 0 radical (unpaired) electrons. The molecular weight excluding hydrogens is 584 g/mol. The molecule has 1 aliphatic heterocycles. The van der Waals surface area contributed by atoms with Gasteiger partial charge in [-0.1, -0.05) is 32.0 Å². The Kier molecular flexibility index (Phi) is 8.83. The first-order chi connectivity index (χ1) is 19.0. The second-order valence-electron chi connectivity index (χ2n) is 10.6. The van der Waals surface area contributed by atoms with Gasteiger partial charge in [0.1, 0.15) is 5.75 Å². The van der Waals surface area contributed by atoms with Gasteiger partial charge in [0.2, 0.25) is 0 Å². The first kappa shape index (κ1) is 31.3. The molecule has 1 heterocycles. The van der Waals surface area contributed by atoms with Crippen LogP contribution in [0.2, 0.25) is 0 Å². The molecule has 1 aliphatic rings. The van der Waals surface area contributed by atoms with Gasteiger partial charge >= 0.3 is 21.3 Å². The zero-order valence-corrected chi connectivity index (χ0v) is 24.3. The van der Waals surface area contributed by atoms with Crippen LogP contribution in [0, 0.1) is 5.41 Å². The number of halogens is 4. The summed E-state index contributed by atoms with van der Waals surface area (Å²) in [6.45, 7) is 6.28. The molecule has 0 aliphatic carbocycles. The molecule has 1 atom stereocenters. The normalized spacial score (nSPS) is 18.0. The van der Waals surface area contributed by atoms with Crippen molar-refractivity contribution < 1.29 is 44.7 Å². The molecule has 0 bridgehead atoms. The Bertz CT molecular complexity index is 1420. The summed E-state index contributed by atoms with van der Waals surface area (Å²) >= 11 is 0. The Labute approximate surface area is 239 Å². The Morgan fingerprint density at radius 2 is 1.32 bits per heavy atom. The van der Waals surface area contributed by atoms with E-state index in [9.17, 15) is 26.0 Å². The number of benzene rings is 3. The lowest BCUT2D eigenvalue weighted by Gasteiger charge is -2.41. The van der Waals surface area contributed by atoms with Crippen LogP contribution in [-0.2, 0) is 36.3 Å². The Hall–Kier alpha value is -2.64. The van der Waals surface area contributed by atoms with Gasteiger partial charge in [-0.15, -0.1) is 0 Å². The average molecular weight is 616 g/mol. The number of alkyl halides is 4. The smallest absolute Gasteiger partial charge is 0.431 e. The summed E-state index contributed by atoms with van der Waals surface area (Å²) in [6.07, 6.45) is -1.62. The van der Waals surface area contributed by atoms with Crippen molar-refractivity contribution in [2.75, 3.05) is 19.8 Å². The monoisotopic (exact) mass is 615 g/mol. The molecule has 3 aromatic carbocycles. The third-order valence-corrected chi connectivity index (χ3v) is 9.74. The van der Waals surface area contributed by atoms with E-state index in [0.29, 0.717) is 13.2 Å². The highest BCUT2D eigenvalue weighted by Crippen LogP contribution is 2.41. The van der Waals surface area contributed by atoms with Gasteiger partial charge in [0.25, 0.3) is 0 Å². The third-order valence-electron chi connectivity index (χ3n) is 6.56. The number of rotatable bonds is 10. The Balaban J connectivity index is 1.51. The summed E-state index contributed by atoms with van der Waals surface area (Å²) < 4.78 is 102. The van der Waals surface area contributed by atoms with Gasteiger partial charge in [-0.05, 0) is 67.6 Å². The van der Waals surface area contributed by atoms with Gasteiger partial charge in [0.15, 0.2) is 20.5 Å². The fraction of sp³-hybridized carbons (Fsp3) is 0.379. The molecule has 0 spiro atoms. The highest BCUT2D eigenvalue weighted by Gasteiger charge is 2.65. The molecule has 6 nitrogen and oxygen atoms in total. The highest BCUT2D eigenvalue weighted by molar-refractivity contribution is 7.97. The summed E-state index contributed by atoms with van der Waals surface area (Å²) in [4.78, 5) is 2.91. The van der Waals surface area contributed by atoms with E-state index in [-0.39, 0.29) is 11.2 Å². The van der Waals surface area contributed by atoms with Crippen LogP contribution >= 0.6 is 0 Å². The van der Waals surface area contributed by atoms with Gasteiger partial charge in [0, 0.05) is 11.0 Å². The maximum absolute atomic E-state index is 13.8.